The summed E-state index contributed by atoms with van der Waals surface area (Å²) < 4.78 is 56.5. The SMILES string of the molecule is COc1ccc(NC(=O)COc2ccc(S(=O)(=O)Nc3ccc(F)cc3)cc2C)cc1OC. The number of amides is 1. The summed E-state index contributed by atoms with van der Waals surface area (Å²) in [6.07, 6.45) is 0. The van der Waals surface area contributed by atoms with Crippen molar-refractivity contribution in [3.05, 3.63) is 72.0 Å². The summed E-state index contributed by atoms with van der Waals surface area (Å²) in [4.78, 5) is 12.3. The van der Waals surface area contributed by atoms with Gasteiger partial charge in [-0.1, -0.05) is 0 Å². The Morgan fingerprint density at radius 3 is 2.15 bits per heavy atom. The van der Waals surface area contributed by atoms with Crippen LogP contribution in [0, 0.1) is 12.7 Å². The molecule has 0 bridgehead atoms. The lowest BCUT2D eigenvalue weighted by atomic mass is 10.2. The fourth-order valence-corrected chi connectivity index (χ4v) is 4.08. The molecule has 3 rings (SSSR count). The normalized spacial score (nSPS) is 10.9. The summed E-state index contributed by atoms with van der Waals surface area (Å²) in [5, 5.41) is 2.69. The first-order valence-corrected chi connectivity index (χ1v) is 11.2. The molecule has 0 fully saturated rings. The van der Waals surface area contributed by atoms with Crippen LogP contribution in [0.25, 0.3) is 0 Å². The smallest absolute Gasteiger partial charge is 0.262 e. The van der Waals surface area contributed by atoms with Crippen LogP contribution in [0.4, 0.5) is 15.8 Å². The van der Waals surface area contributed by atoms with E-state index in [4.69, 9.17) is 14.2 Å². The Labute approximate surface area is 191 Å². The number of benzene rings is 3. The predicted octanol–water partition coefficient (Wildman–Crippen LogP) is 3.97. The van der Waals surface area contributed by atoms with Crippen molar-refractivity contribution in [2.45, 2.75) is 11.8 Å². The topological polar surface area (TPSA) is 103 Å². The third kappa shape index (κ3) is 6.13. The van der Waals surface area contributed by atoms with Crippen LogP contribution in [0.3, 0.4) is 0 Å². The van der Waals surface area contributed by atoms with Crippen molar-refractivity contribution in [1.29, 1.82) is 0 Å². The Kier molecular flexibility index (Phi) is 7.39. The van der Waals surface area contributed by atoms with E-state index in [0.717, 1.165) is 12.1 Å². The molecule has 33 heavy (non-hydrogen) atoms. The van der Waals surface area contributed by atoms with Crippen LogP contribution in [0.5, 0.6) is 17.2 Å². The van der Waals surface area contributed by atoms with Gasteiger partial charge in [-0.2, -0.15) is 0 Å². The van der Waals surface area contributed by atoms with E-state index in [9.17, 15) is 17.6 Å². The van der Waals surface area contributed by atoms with E-state index in [1.807, 2.05) is 0 Å². The molecule has 2 N–H and O–H groups in total. The van der Waals surface area contributed by atoms with Crippen molar-refractivity contribution < 1.29 is 31.8 Å². The molecule has 0 spiro atoms. The zero-order chi connectivity index (χ0) is 24.0. The highest BCUT2D eigenvalue weighted by Crippen LogP contribution is 2.30. The summed E-state index contributed by atoms with van der Waals surface area (Å²) in [6.45, 7) is 1.38. The van der Waals surface area contributed by atoms with Gasteiger partial charge in [0.1, 0.15) is 11.6 Å². The number of nitrogens with one attached hydrogen (secondary N) is 2. The molecule has 1 amide bonds. The molecule has 3 aromatic rings. The van der Waals surface area contributed by atoms with Crippen molar-refractivity contribution in [1.82, 2.24) is 0 Å². The fourth-order valence-electron chi connectivity index (χ4n) is 2.94. The number of carbonyl (C=O) groups is 1. The third-order valence-corrected chi connectivity index (χ3v) is 5.96. The highest BCUT2D eigenvalue weighted by atomic mass is 32.2. The molecule has 3 aromatic carbocycles. The van der Waals surface area contributed by atoms with Gasteiger partial charge in [0, 0.05) is 17.4 Å². The highest BCUT2D eigenvalue weighted by molar-refractivity contribution is 7.92. The number of halogens is 1. The summed E-state index contributed by atoms with van der Waals surface area (Å²) in [7, 11) is -0.869. The Bertz CT molecular complexity index is 1250. The minimum absolute atomic E-state index is 0.00598. The van der Waals surface area contributed by atoms with Gasteiger partial charge in [0.2, 0.25) is 0 Å². The summed E-state index contributed by atoms with van der Waals surface area (Å²) in [5.41, 5.74) is 1.27. The van der Waals surface area contributed by atoms with Crippen LogP contribution in [-0.4, -0.2) is 35.2 Å². The molecule has 0 unspecified atom stereocenters. The molecule has 0 radical (unpaired) electrons. The maximum atomic E-state index is 13.0. The lowest BCUT2D eigenvalue weighted by Crippen LogP contribution is -2.20. The molecule has 174 valence electrons. The molecule has 0 saturated heterocycles. The van der Waals surface area contributed by atoms with Crippen LogP contribution in [0.2, 0.25) is 0 Å². The number of aryl methyl sites for hydroxylation is 1. The van der Waals surface area contributed by atoms with E-state index in [1.54, 1.807) is 25.1 Å². The van der Waals surface area contributed by atoms with E-state index in [1.165, 1.54) is 44.6 Å². The highest BCUT2D eigenvalue weighted by Gasteiger charge is 2.16. The van der Waals surface area contributed by atoms with Crippen molar-refractivity contribution in [2.24, 2.45) is 0 Å². The van der Waals surface area contributed by atoms with Gasteiger partial charge in [-0.05, 0) is 67.1 Å². The number of rotatable bonds is 9. The molecule has 8 nitrogen and oxygen atoms in total. The standard InChI is InChI=1S/C23H23FN2O6S/c1-15-12-19(33(28,29)26-17-6-4-16(24)5-7-17)9-11-20(15)32-14-23(27)25-18-8-10-21(30-2)22(13-18)31-3/h4-13,26H,14H2,1-3H3,(H,25,27). The minimum atomic E-state index is -3.88. The molecular formula is C23H23FN2O6S. The third-order valence-electron chi connectivity index (χ3n) is 4.58. The largest absolute Gasteiger partial charge is 0.493 e. The van der Waals surface area contributed by atoms with E-state index < -0.39 is 21.7 Å². The van der Waals surface area contributed by atoms with Crippen molar-refractivity contribution in [2.75, 3.05) is 30.9 Å². The van der Waals surface area contributed by atoms with Crippen molar-refractivity contribution in [3.8, 4) is 17.2 Å². The van der Waals surface area contributed by atoms with Gasteiger partial charge in [-0.15, -0.1) is 0 Å². The zero-order valence-corrected chi connectivity index (χ0v) is 19.0. The number of hydrogen-bond acceptors (Lipinski definition) is 6. The maximum absolute atomic E-state index is 13.0. The van der Waals surface area contributed by atoms with Gasteiger partial charge < -0.3 is 19.5 Å². The summed E-state index contributed by atoms with van der Waals surface area (Å²) in [5.74, 6) is 0.490. The molecule has 0 atom stereocenters. The number of carbonyl (C=O) groups excluding carboxylic acids is 1. The lowest BCUT2D eigenvalue weighted by molar-refractivity contribution is -0.118. The molecule has 0 aliphatic heterocycles. The summed E-state index contributed by atoms with van der Waals surface area (Å²) in [6, 6.07) is 14.2. The number of sulfonamides is 1. The molecule has 0 aromatic heterocycles. The monoisotopic (exact) mass is 474 g/mol. The second kappa shape index (κ2) is 10.2. The quantitative estimate of drug-likeness (QED) is 0.487. The van der Waals surface area contributed by atoms with Gasteiger partial charge in [-0.3, -0.25) is 9.52 Å². The van der Waals surface area contributed by atoms with E-state index in [0.29, 0.717) is 28.5 Å². The molecule has 0 aliphatic carbocycles. The zero-order valence-electron chi connectivity index (χ0n) is 18.2. The number of methoxy groups -OCH3 is 2. The first kappa shape index (κ1) is 23.9. The molecule has 0 aliphatic rings. The number of hydrogen-bond donors (Lipinski definition) is 2. The van der Waals surface area contributed by atoms with Gasteiger partial charge in [0.15, 0.2) is 18.1 Å². The van der Waals surface area contributed by atoms with Crippen LogP contribution in [-0.2, 0) is 14.8 Å². The predicted molar refractivity (Wildman–Crippen MR) is 122 cm³/mol. The van der Waals surface area contributed by atoms with Crippen molar-refractivity contribution in [3.63, 3.8) is 0 Å². The summed E-state index contributed by atoms with van der Waals surface area (Å²) >= 11 is 0. The van der Waals surface area contributed by atoms with E-state index in [2.05, 4.69) is 10.0 Å². The minimum Gasteiger partial charge on any atom is -0.493 e. The van der Waals surface area contributed by atoms with Gasteiger partial charge >= 0.3 is 0 Å². The maximum Gasteiger partial charge on any atom is 0.262 e. The van der Waals surface area contributed by atoms with Gasteiger partial charge in [0.05, 0.1) is 19.1 Å². The first-order chi connectivity index (χ1) is 15.7. The molecule has 0 saturated carbocycles. The van der Waals surface area contributed by atoms with Crippen LogP contribution >= 0.6 is 0 Å². The van der Waals surface area contributed by atoms with Crippen LogP contribution < -0.4 is 24.2 Å². The van der Waals surface area contributed by atoms with Crippen molar-refractivity contribution >= 4 is 27.3 Å². The Balaban J connectivity index is 1.63. The van der Waals surface area contributed by atoms with Crippen LogP contribution in [0.1, 0.15) is 5.56 Å². The second-order valence-electron chi connectivity index (χ2n) is 6.95. The molecule has 0 heterocycles. The average Bonchev–Trinajstić information content (AvgIpc) is 2.79. The average molecular weight is 475 g/mol. The number of ether oxygens (including phenoxy) is 3. The van der Waals surface area contributed by atoms with Gasteiger partial charge in [0.25, 0.3) is 15.9 Å². The Hall–Kier alpha value is -3.79. The Morgan fingerprint density at radius 1 is 0.879 bits per heavy atom. The van der Waals surface area contributed by atoms with E-state index >= 15 is 0 Å². The first-order valence-electron chi connectivity index (χ1n) is 9.75. The Morgan fingerprint density at radius 2 is 1.52 bits per heavy atom. The molecule has 10 heteroatoms. The van der Waals surface area contributed by atoms with Gasteiger partial charge in [-0.25, -0.2) is 12.8 Å². The lowest BCUT2D eigenvalue weighted by Gasteiger charge is -2.13. The fraction of sp³-hybridized carbons (Fsp3) is 0.174. The van der Waals surface area contributed by atoms with E-state index in [-0.39, 0.29) is 17.2 Å². The van der Waals surface area contributed by atoms with Crippen LogP contribution in [0.15, 0.2) is 65.6 Å². The number of anilines is 2. The second-order valence-corrected chi connectivity index (χ2v) is 8.63. The molecular weight excluding hydrogens is 451 g/mol.